The molecule has 6 nitrogen and oxygen atoms in total. The number of ether oxygens (including phenoxy) is 4. The highest BCUT2D eigenvalue weighted by Gasteiger charge is 2.09. The second-order valence-corrected chi connectivity index (χ2v) is 5.49. The zero-order valence-corrected chi connectivity index (χ0v) is 14.6. The average molecular weight is 348 g/mol. The van der Waals surface area contributed by atoms with Gasteiger partial charge in [-0.25, -0.2) is 9.59 Å². The van der Waals surface area contributed by atoms with E-state index >= 15 is 0 Å². The highest BCUT2D eigenvalue weighted by molar-refractivity contribution is 5.81. The van der Waals surface area contributed by atoms with Crippen molar-refractivity contribution >= 4 is 11.9 Å². The molecule has 0 bridgehead atoms. The first kappa shape index (κ1) is 20.3. The number of esters is 2. The van der Waals surface area contributed by atoms with Crippen LogP contribution in [0.4, 0.5) is 0 Å². The standard InChI is InChI=1S/C19H24O6/c1-5-18(20)24-12-14(3)11-22-16-8-7-9-17(10-16)23-13-15(4)25-19(21)6-2/h5-10,14-15H,1-2,11-13H2,3-4H3. The van der Waals surface area contributed by atoms with Crippen LogP contribution in [0.15, 0.2) is 49.6 Å². The number of benzene rings is 1. The lowest BCUT2D eigenvalue weighted by molar-refractivity contribution is -0.143. The van der Waals surface area contributed by atoms with Gasteiger partial charge in [-0.2, -0.15) is 0 Å². The van der Waals surface area contributed by atoms with Crippen molar-refractivity contribution < 1.29 is 28.5 Å². The average Bonchev–Trinajstić information content (AvgIpc) is 2.62. The molecule has 0 spiro atoms. The predicted molar refractivity (Wildman–Crippen MR) is 93.5 cm³/mol. The third-order valence-electron chi connectivity index (χ3n) is 2.99. The van der Waals surface area contributed by atoms with E-state index in [0.717, 1.165) is 12.2 Å². The highest BCUT2D eigenvalue weighted by Crippen LogP contribution is 2.20. The number of rotatable bonds is 11. The van der Waals surface area contributed by atoms with Crippen molar-refractivity contribution in [1.82, 2.24) is 0 Å². The smallest absolute Gasteiger partial charge is 0.330 e. The first-order valence-electron chi connectivity index (χ1n) is 7.92. The number of hydrogen-bond acceptors (Lipinski definition) is 6. The van der Waals surface area contributed by atoms with Gasteiger partial charge in [-0.05, 0) is 19.1 Å². The molecule has 0 aliphatic rings. The van der Waals surface area contributed by atoms with Crippen LogP contribution < -0.4 is 9.47 Å². The van der Waals surface area contributed by atoms with Gasteiger partial charge in [0.25, 0.3) is 0 Å². The van der Waals surface area contributed by atoms with Crippen LogP contribution in [-0.4, -0.2) is 37.9 Å². The molecule has 0 N–H and O–H groups in total. The lowest BCUT2D eigenvalue weighted by atomic mass is 10.2. The topological polar surface area (TPSA) is 71.1 Å². The van der Waals surface area contributed by atoms with Crippen molar-refractivity contribution in [3.05, 3.63) is 49.6 Å². The van der Waals surface area contributed by atoms with Gasteiger partial charge in [0, 0.05) is 24.1 Å². The monoisotopic (exact) mass is 348 g/mol. The van der Waals surface area contributed by atoms with Crippen LogP contribution in [0.1, 0.15) is 13.8 Å². The van der Waals surface area contributed by atoms with Gasteiger partial charge >= 0.3 is 11.9 Å². The second kappa shape index (κ2) is 10.9. The first-order valence-corrected chi connectivity index (χ1v) is 7.92. The Labute approximate surface area is 148 Å². The third kappa shape index (κ3) is 8.60. The molecule has 0 radical (unpaired) electrons. The molecule has 0 saturated carbocycles. The Bertz CT molecular complexity index is 595. The molecule has 0 fully saturated rings. The Morgan fingerprint density at radius 3 is 2.20 bits per heavy atom. The second-order valence-electron chi connectivity index (χ2n) is 5.49. The van der Waals surface area contributed by atoms with Gasteiger partial charge in [-0.15, -0.1) is 0 Å². The summed E-state index contributed by atoms with van der Waals surface area (Å²) in [5.74, 6) is 0.333. The molecular weight excluding hydrogens is 324 g/mol. The molecule has 2 atom stereocenters. The highest BCUT2D eigenvalue weighted by atomic mass is 16.6. The summed E-state index contributed by atoms with van der Waals surface area (Å²) >= 11 is 0. The van der Waals surface area contributed by atoms with Crippen LogP contribution >= 0.6 is 0 Å². The van der Waals surface area contributed by atoms with Crippen LogP contribution in [-0.2, 0) is 19.1 Å². The molecule has 1 aromatic rings. The fourth-order valence-electron chi connectivity index (χ4n) is 1.72. The molecule has 6 heteroatoms. The lowest BCUT2D eigenvalue weighted by Crippen LogP contribution is -2.20. The Kier molecular flexibility index (Phi) is 8.85. The quantitative estimate of drug-likeness (QED) is 0.452. The summed E-state index contributed by atoms with van der Waals surface area (Å²) in [5.41, 5.74) is 0. The van der Waals surface area contributed by atoms with Crippen LogP contribution in [0, 0.1) is 5.92 Å². The predicted octanol–water partition coefficient (Wildman–Crippen LogP) is 2.93. The third-order valence-corrected chi connectivity index (χ3v) is 2.99. The lowest BCUT2D eigenvalue weighted by Gasteiger charge is -2.15. The van der Waals surface area contributed by atoms with Gasteiger partial charge in [0.1, 0.15) is 24.2 Å². The van der Waals surface area contributed by atoms with Gasteiger partial charge in [-0.3, -0.25) is 0 Å². The zero-order valence-electron chi connectivity index (χ0n) is 14.6. The van der Waals surface area contributed by atoms with Gasteiger partial charge in [0.05, 0.1) is 13.2 Å². The molecule has 136 valence electrons. The van der Waals surface area contributed by atoms with E-state index in [-0.39, 0.29) is 19.1 Å². The van der Waals surface area contributed by atoms with Crippen molar-refractivity contribution in [2.45, 2.75) is 20.0 Å². The molecule has 0 amide bonds. The van der Waals surface area contributed by atoms with E-state index in [0.29, 0.717) is 18.1 Å². The largest absolute Gasteiger partial charge is 0.493 e. The SMILES string of the molecule is C=CC(=O)OCC(C)COc1cccc(OCC(C)OC(=O)C=C)c1. The van der Waals surface area contributed by atoms with Crippen LogP contribution in [0.2, 0.25) is 0 Å². The molecule has 0 saturated heterocycles. The molecule has 1 aromatic carbocycles. The summed E-state index contributed by atoms with van der Waals surface area (Å²) in [5, 5.41) is 0. The maximum Gasteiger partial charge on any atom is 0.330 e. The van der Waals surface area contributed by atoms with E-state index in [9.17, 15) is 9.59 Å². The Morgan fingerprint density at radius 1 is 1.00 bits per heavy atom. The summed E-state index contributed by atoms with van der Waals surface area (Å²) in [4.78, 5) is 22.1. The van der Waals surface area contributed by atoms with Crippen molar-refractivity contribution in [2.24, 2.45) is 5.92 Å². The van der Waals surface area contributed by atoms with Crippen LogP contribution in [0.25, 0.3) is 0 Å². The zero-order chi connectivity index (χ0) is 18.7. The number of hydrogen-bond donors (Lipinski definition) is 0. The molecule has 2 unspecified atom stereocenters. The molecule has 1 rings (SSSR count). The molecule has 0 aliphatic carbocycles. The molecule has 0 heterocycles. The fraction of sp³-hybridized carbons (Fsp3) is 0.368. The summed E-state index contributed by atoms with van der Waals surface area (Å²) in [7, 11) is 0. The summed E-state index contributed by atoms with van der Waals surface area (Å²) in [6.45, 7) is 11.2. The molecule has 0 aromatic heterocycles. The van der Waals surface area contributed by atoms with Gasteiger partial charge < -0.3 is 18.9 Å². The minimum absolute atomic E-state index is 0.0341. The Hall–Kier alpha value is -2.76. The summed E-state index contributed by atoms with van der Waals surface area (Å²) in [6, 6.07) is 7.12. The maximum atomic E-state index is 11.1. The maximum absolute atomic E-state index is 11.1. The van der Waals surface area contributed by atoms with Gasteiger partial charge in [0.2, 0.25) is 0 Å². The van der Waals surface area contributed by atoms with Crippen molar-refractivity contribution in [3.63, 3.8) is 0 Å². The Morgan fingerprint density at radius 2 is 1.60 bits per heavy atom. The van der Waals surface area contributed by atoms with E-state index < -0.39 is 18.0 Å². The summed E-state index contributed by atoms with van der Waals surface area (Å²) < 4.78 is 21.2. The minimum Gasteiger partial charge on any atom is -0.493 e. The van der Waals surface area contributed by atoms with Crippen molar-refractivity contribution in [2.75, 3.05) is 19.8 Å². The molecule has 25 heavy (non-hydrogen) atoms. The van der Waals surface area contributed by atoms with Crippen LogP contribution in [0.5, 0.6) is 11.5 Å². The van der Waals surface area contributed by atoms with Gasteiger partial charge in [0.15, 0.2) is 0 Å². The van der Waals surface area contributed by atoms with E-state index in [4.69, 9.17) is 18.9 Å². The number of carbonyl (C=O) groups excluding carboxylic acids is 2. The van der Waals surface area contributed by atoms with Crippen molar-refractivity contribution in [3.8, 4) is 11.5 Å². The number of carbonyl (C=O) groups is 2. The molecular formula is C19H24O6. The first-order chi connectivity index (χ1) is 11.9. The van der Waals surface area contributed by atoms with E-state index in [1.807, 2.05) is 6.92 Å². The fourth-order valence-corrected chi connectivity index (χ4v) is 1.72. The van der Waals surface area contributed by atoms with Crippen LogP contribution in [0.3, 0.4) is 0 Å². The van der Waals surface area contributed by atoms with E-state index in [2.05, 4.69) is 13.2 Å². The van der Waals surface area contributed by atoms with Gasteiger partial charge in [-0.1, -0.05) is 26.1 Å². The molecule has 0 aliphatic heterocycles. The van der Waals surface area contributed by atoms with E-state index in [1.165, 1.54) is 0 Å². The van der Waals surface area contributed by atoms with E-state index in [1.54, 1.807) is 31.2 Å². The van der Waals surface area contributed by atoms with Crippen molar-refractivity contribution in [1.29, 1.82) is 0 Å². The summed E-state index contributed by atoms with van der Waals surface area (Å²) in [6.07, 6.45) is 1.84. The Balaban J connectivity index is 2.41. The minimum atomic E-state index is -0.487. The normalized spacial score (nSPS) is 12.4.